The Bertz CT molecular complexity index is 359. The molecule has 0 amide bonds. The van der Waals surface area contributed by atoms with Crippen LogP contribution in [0.3, 0.4) is 0 Å². The van der Waals surface area contributed by atoms with Gasteiger partial charge in [-0.3, -0.25) is 29.0 Å². The summed E-state index contributed by atoms with van der Waals surface area (Å²) in [6, 6.07) is 0. The van der Waals surface area contributed by atoms with Crippen LogP contribution in [0.4, 0.5) is 0 Å². The number of rotatable bonds is 14. The molecule has 0 spiro atoms. The number of carboxylic acid groups (broad SMARTS) is 4. The van der Waals surface area contributed by atoms with Gasteiger partial charge in [-0.05, 0) is 0 Å². The first-order valence-electron chi connectivity index (χ1n) is 6.73. The lowest BCUT2D eigenvalue weighted by Crippen LogP contribution is -2.42. The molecule has 0 aromatic rings. The van der Waals surface area contributed by atoms with Gasteiger partial charge in [0.2, 0.25) is 0 Å². The van der Waals surface area contributed by atoms with E-state index in [0.717, 1.165) is 0 Å². The molecule has 0 aliphatic carbocycles. The summed E-state index contributed by atoms with van der Waals surface area (Å²) in [5.74, 6) is -4.55. The molecule has 5 N–H and O–H groups in total. The number of carbonyl (C=O) groups is 4. The predicted molar refractivity (Wildman–Crippen MR) is 76.3 cm³/mol. The second-order valence-electron chi connectivity index (χ2n) is 4.75. The summed E-state index contributed by atoms with van der Waals surface area (Å²) in [4.78, 5) is 44.9. The molecule has 0 atom stereocenters. The molecule has 0 fully saturated rings. The molecule has 23 heavy (non-hydrogen) atoms. The van der Waals surface area contributed by atoms with Crippen molar-refractivity contribution >= 4 is 23.9 Å². The van der Waals surface area contributed by atoms with Gasteiger partial charge in [0.05, 0.1) is 26.2 Å². The Morgan fingerprint density at radius 3 is 1.09 bits per heavy atom. The lowest BCUT2D eigenvalue weighted by molar-refractivity contribution is -0.143. The normalized spacial score (nSPS) is 10.9. The first kappa shape index (κ1) is 20.8. The van der Waals surface area contributed by atoms with Crippen molar-refractivity contribution in [1.29, 1.82) is 0 Å². The Balaban J connectivity index is 4.09. The van der Waals surface area contributed by atoms with Crippen molar-refractivity contribution < 1.29 is 39.6 Å². The van der Waals surface area contributed by atoms with Crippen LogP contribution in [0.5, 0.6) is 0 Å². The number of aliphatic carboxylic acids is 4. The molecule has 0 aromatic heterocycles. The highest BCUT2D eigenvalue weighted by Crippen LogP contribution is 1.89. The molecule has 0 saturated heterocycles. The van der Waals surface area contributed by atoms with Crippen molar-refractivity contribution in [2.75, 3.05) is 52.4 Å². The summed E-state index contributed by atoms with van der Waals surface area (Å²) in [5.41, 5.74) is 0. The van der Waals surface area contributed by atoms with Gasteiger partial charge < -0.3 is 25.7 Å². The minimum absolute atomic E-state index is 0.177. The zero-order valence-electron chi connectivity index (χ0n) is 12.5. The van der Waals surface area contributed by atoms with Crippen LogP contribution in [0, 0.1) is 0 Å². The molecule has 0 unspecified atom stereocenters. The van der Waals surface area contributed by atoms with E-state index >= 15 is 0 Å². The number of nitrogens with one attached hydrogen (secondary N) is 1. The molecule has 11 heteroatoms. The maximum Gasteiger partial charge on any atom is 0.317 e. The molecule has 0 heterocycles. The highest BCUT2D eigenvalue weighted by molar-refractivity contribution is 5.73. The largest absolute Gasteiger partial charge is 0.480 e. The molecular formula is C12H21N3O8. The van der Waals surface area contributed by atoms with Gasteiger partial charge in [-0.15, -0.1) is 0 Å². The summed E-state index contributed by atoms with van der Waals surface area (Å²) in [5, 5.41) is 37.6. The second-order valence-corrected chi connectivity index (χ2v) is 4.75. The van der Waals surface area contributed by atoms with E-state index in [1.165, 1.54) is 9.80 Å². The van der Waals surface area contributed by atoms with Gasteiger partial charge in [0, 0.05) is 26.2 Å². The summed E-state index contributed by atoms with van der Waals surface area (Å²) < 4.78 is 0. The minimum Gasteiger partial charge on any atom is -0.480 e. The Labute approximate surface area is 132 Å². The average Bonchev–Trinajstić information content (AvgIpc) is 2.34. The van der Waals surface area contributed by atoms with Crippen LogP contribution in [-0.4, -0.2) is 106 Å². The second kappa shape index (κ2) is 11.3. The fourth-order valence-electron chi connectivity index (χ4n) is 1.79. The summed E-state index contributed by atoms with van der Waals surface area (Å²) in [7, 11) is 0. The van der Waals surface area contributed by atoms with Crippen molar-refractivity contribution in [3.63, 3.8) is 0 Å². The van der Waals surface area contributed by atoms with E-state index in [0.29, 0.717) is 0 Å². The molecular weight excluding hydrogens is 314 g/mol. The third-order valence-electron chi connectivity index (χ3n) is 2.65. The molecule has 0 aliphatic rings. The van der Waals surface area contributed by atoms with E-state index in [2.05, 4.69) is 5.32 Å². The van der Waals surface area contributed by atoms with E-state index in [-0.39, 0.29) is 26.2 Å². The Hall–Kier alpha value is -2.24. The van der Waals surface area contributed by atoms with Gasteiger partial charge >= 0.3 is 23.9 Å². The molecule has 0 radical (unpaired) electrons. The van der Waals surface area contributed by atoms with Crippen molar-refractivity contribution in [2.45, 2.75) is 0 Å². The predicted octanol–water partition coefficient (Wildman–Crippen LogP) is -2.48. The standard InChI is InChI=1S/C12H21N3O8/c16-9(17)5-14(6-10(18)19)3-1-13-2-4-15(7-11(20)21)8-12(22)23/h13H,1-8H2,(H,16,17)(H,18,19)(H,20,21)(H,22,23). The number of carboxylic acids is 4. The molecule has 0 saturated carbocycles. The maximum atomic E-state index is 10.6. The first-order chi connectivity index (χ1) is 10.7. The van der Waals surface area contributed by atoms with Crippen LogP contribution < -0.4 is 5.32 Å². The molecule has 0 rings (SSSR count). The van der Waals surface area contributed by atoms with Gasteiger partial charge in [0.15, 0.2) is 0 Å². The monoisotopic (exact) mass is 335 g/mol. The zero-order chi connectivity index (χ0) is 17.8. The lowest BCUT2D eigenvalue weighted by Gasteiger charge is -2.20. The van der Waals surface area contributed by atoms with Crippen LogP contribution in [0.15, 0.2) is 0 Å². The van der Waals surface area contributed by atoms with Crippen molar-refractivity contribution in [2.24, 2.45) is 0 Å². The SMILES string of the molecule is O=C(O)CN(CCNCCN(CC(=O)O)CC(=O)O)CC(=O)O. The molecule has 0 bridgehead atoms. The number of hydrogen-bond acceptors (Lipinski definition) is 7. The average molecular weight is 335 g/mol. The van der Waals surface area contributed by atoms with Crippen LogP contribution >= 0.6 is 0 Å². The highest BCUT2D eigenvalue weighted by atomic mass is 16.4. The molecule has 132 valence electrons. The summed E-state index contributed by atoms with van der Waals surface area (Å²) in [6.07, 6.45) is 0. The van der Waals surface area contributed by atoms with Gasteiger partial charge in [0.1, 0.15) is 0 Å². The Kier molecular flexibility index (Phi) is 10.2. The van der Waals surface area contributed by atoms with Crippen LogP contribution in [0.2, 0.25) is 0 Å². The number of hydrogen-bond donors (Lipinski definition) is 5. The fraction of sp³-hybridized carbons (Fsp3) is 0.667. The third-order valence-corrected chi connectivity index (χ3v) is 2.65. The van der Waals surface area contributed by atoms with E-state index in [1.807, 2.05) is 0 Å². The number of nitrogens with zero attached hydrogens (tertiary/aromatic N) is 2. The van der Waals surface area contributed by atoms with E-state index < -0.39 is 50.1 Å². The van der Waals surface area contributed by atoms with Crippen molar-refractivity contribution in [3.05, 3.63) is 0 Å². The smallest absolute Gasteiger partial charge is 0.317 e. The van der Waals surface area contributed by atoms with Crippen LogP contribution in [0.25, 0.3) is 0 Å². The summed E-state index contributed by atoms with van der Waals surface area (Å²) in [6.45, 7) is -0.692. The zero-order valence-corrected chi connectivity index (χ0v) is 12.5. The van der Waals surface area contributed by atoms with E-state index in [4.69, 9.17) is 20.4 Å². The maximum absolute atomic E-state index is 10.6. The third kappa shape index (κ3) is 13.2. The Morgan fingerprint density at radius 2 is 0.870 bits per heavy atom. The fourth-order valence-corrected chi connectivity index (χ4v) is 1.79. The van der Waals surface area contributed by atoms with E-state index in [1.54, 1.807) is 0 Å². The van der Waals surface area contributed by atoms with Gasteiger partial charge in [-0.1, -0.05) is 0 Å². The van der Waals surface area contributed by atoms with Crippen molar-refractivity contribution in [3.8, 4) is 0 Å². The van der Waals surface area contributed by atoms with Gasteiger partial charge in [-0.25, -0.2) is 0 Å². The highest BCUT2D eigenvalue weighted by Gasteiger charge is 2.14. The lowest BCUT2D eigenvalue weighted by atomic mass is 10.4. The minimum atomic E-state index is -1.14. The van der Waals surface area contributed by atoms with E-state index in [9.17, 15) is 19.2 Å². The summed E-state index contributed by atoms with van der Waals surface area (Å²) >= 11 is 0. The van der Waals surface area contributed by atoms with Gasteiger partial charge in [-0.2, -0.15) is 0 Å². The van der Waals surface area contributed by atoms with Crippen molar-refractivity contribution in [1.82, 2.24) is 15.1 Å². The molecule has 11 nitrogen and oxygen atoms in total. The van der Waals surface area contributed by atoms with Crippen LogP contribution in [0.1, 0.15) is 0 Å². The Morgan fingerprint density at radius 1 is 0.609 bits per heavy atom. The van der Waals surface area contributed by atoms with Crippen LogP contribution in [-0.2, 0) is 19.2 Å². The first-order valence-corrected chi connectivity index (χ1v) is 6.73. The van der Waals surface area contributed by atoms with Gasteiger partial charge in [0.25, 0.3) is 0 Å². The molecule has 0 aromatic carbocycles. The topological polar surface area (TPSA) is 168 Å². The quantitative estimate of drug-likeness (QED) is 0.213. The molecule has 0 aliphatic heterocycles.